The van der Waals surface area contributed by atoms with Crippen molar-refractivity contribution in [2.24, 2.45) is 0 Å². The van der Waals surface area contributed by atoms with E-state index in [1.165, 1.54) is 59.9 Å². The molecule has 470 valence electrons. The summed E-state index contributed by atoms with van der Waals surface area (Å²) < 4.78 is 22.1. The van der Waals surface area contributed by atoms with Crippen molar-refractivity contribution in [3.05, 3.63) is 321 Å². The zero-order valence-electron chi connectivity index (χ0n) is 54.4. The highest BCUT2D eigenvalue weighted by molar-refractivity contribution is 6.62. The highest BCUT2D eigenvalue weighted by Gasteiger charge is 2.51. The average Bonchev–Trinajstić information content (AvgIpc) is 1.57. The number of hydrogen-bond donors (Lipinski definition) is 0. The minimum Gasteiger partial charge on any atom is -0.399 e. The first kappa shape index (κ1) is 60.0. The van der Waals surface area contributed by atoms with Gasteiger partial charge in [0.15, 0.2) is 5.82 Å². The molecule has 0 saturated carbocycles. The predicted molar refractivity (Wildman–Crippen MR) is 405 cm³/mol. The SMILES string of the molecule is CC1(C)OB(c2ccc3c(c2)c2ccc4c(ccn4-c4ccccc4)c2n3-c2ccccc2)OC1(C)C.Clc1nc(-c2ccccc2)c2ccccc2n1.c1ccc(-c2nc(-c3ccc4c(c3)c3ccc5c(ccn5-c5ccccc5)c3n4-c3ccccc3)nc3ccccc23)cc1. The van der Waals surface area contributed by atoms with Crippen LogP contribution < -0.4 is 5.46 Å². The van der Waals surface area contributed by atoms with Crippen molar-refractivity contribution in [3.63, 3.8) is 0 Å². The lowest BCUT2D eigenvalue weighted by molar-refractivity contribution is 0.00578. The Bertz CT molecular complexity index is 6000. The van der Waals surface area contributed by atoms with Crippen LogP contribution in [0.2, 0.25) is 5.28 Å². The molecule has 19 rings (SSSR count). The fourth-order valence-electron chi connectivity index (χ4n) is 13.9. The normalized spacial score (nSPS) is 13.4. The van der Waals surface area contributed by atoms with E-state index in [0.29, 0.717) is 0 Å². The smallest absolute Gasteiger partial charge is 0.399 e. The molecule has 98 heavy (non-hydrogen) atoms. The van der Waals surface area contributed by atoms with Crippen LogP contribution in [-0.4, -0.2) is 56.5 Å². The van der Waals surface area contributed by atoms with Crippen LogP contribution in [0.25, 0.3) is 144 Å². The second-order valence-corrected chi connectivity index (χ2v) is 26.1. The van der Waals surface area contributed by atoms with Gasteiger partial charge in [0, 0.05) is 94.9 Å². The third-order valence-corrected chi connectivity index (χ3v) is 19.5. The van der Waals surface area contributed by atoms with E-state index in [4.69, 9.17) is 30.9 Å². The van der Waals surface area contributed by atoms with Gasteiger partial charge in [-0.1, -0.05) is 194 Å². The van der Waals surface area contributed by atoms with Gasteiger partial charge in [0.05, 0.1) is 66.7 Å². The Kier molecular flexibility index (Phi) is 15.0. The Labute approximate surface area is 572 Å². The van der Waals surface area contributed by atoms with E-state index >= 15 is 0 Å². The van der Waals surface area contributed by atoms with Gasteiger partial charge >= 0.3 is 7.12 Å². The zero-order chi connectivity index (χ0) is 66.1. The van der Waals surface area contributed by atoms with Crippen LogP contribution in [0.1, 0.15) is 27.7 Å². The van der Waals surface area contributed by atoms with E-state index in [0.717, 1.165) is 89.4 Å². The lowest BCUT2D eigenvalue weighted by Gasteiger charge is -2.32. The number of rotatable bonds is 8. The molecule has 0 spiro atoms. The van der Waals surface area contributed by atoms with Gasteiger partial charge in [-0.05, 0) is 154 Å². The number of fused-ring (bicyclic) bond motifs is 12. The minimum atomic E-state index is -0.396. The van der Waals surface area contributed by atoms with Gasteiger partial charge in [-0.15, -0.1) is 0 Å². The van der Waals surface area contributed by atoms with Crippen molar-refractivity contribution in [3.8, 4) is 56.7 Å². The summed E-state index contributed by atoms with van der Waals surface area (Å²) in [7, 11) is -0.396. The second kappa shape index (κ2) is 24.5. The molecule has 1 aliphatic rings. The summed E-state index contributed by atoms with van der Waals surface area (Å²) in [6, 6.07) is 105. The van der Waals surface area contributed by atoms with Gasteiger partial charge < -0.3 is 27.6 Å². The Morgan fingerprint density at radius 1 is 0.316 bits per heavy atom. The van der Waals surface area contributed by atoms with Gasteiger partial charge in [-0.3, -0.25) is 0 Å². The summed E-state index contributed by atoms with van der Waals surface area (Å²) in [6.07, 6.45) is 4.34. The number of nitrogens with zero attached hydrogens (tertiary/aromatic N) is 8. The number of para-hydroxylation sites is 6. The molecular formula is C86H64BClN8O2. The largest absolute Gasteiger partial charge is 0.494 e. The van der Waals surface area contributed by atoms with Crippen molar-refractivity contribution < 1.29 is 9.31 Å². The fraction of sp³-hybridized carbons (Fsp3) is 0.0698. The monoisotopic (exact) mass is 1290 g/mol. The molecule has 10 nitrogen and oxygen atoms in total. The maximum absolute atomic E-state index is 6.39. The molecular weight excluding hydrogens is 1220 g/mol. The molecule has 0 N–H and O–H groups in total. The zero-order valence-corrected chi connectivity index (χ0v) is 55.1. The lowest BCUT2D eigenvalue weighted by atomic mass is 9.78. The van der Waals surface area contributed by atoms with Crippen LogP contribution in [-0.2, 0) is 9.31 Å². The van der Waals surface area contributed by atoms with Crippen LogP contribution in [0.3, 0.4) is 0 Å². The first-order chi connectivity index (χ1) is 48.0. The van der Waals surface area contributed by atoms with E-state index in [9.17, 15) is 0 Å². The van der Waals surface area contributed by atoms with E-state index in [-0.39, 0.29) is 16.5 Å². The van der Waals surface area contributed by atoms with E-state index < -0.39 is 7.12 Å². The van der Waals surface area contributed by atoms with E-state index in [1.54, 1.807) is 0 Å². The Balaban J connectivity index is 0.000000120. The summed E-state index contributed by atoms with van der Waals surface area (Å²) in [6.45, 7) is 8.39. The molecule has 0 radical (unpaired) electrons. The summed E-state index contributed by atoms with van der Waals surface area (Å²) in [5.41, 5.74) is 18.7. The predicted octanol–water partition coefficient (Wildman–Crippen LogP) is 21.0. The average molecular weight is 1290 g/mol. The molecule has 18 aromatic rings. The highest BCUT2D eigenvalue weighted by Crippen LogP contribution is 2.43. The third-order valence-electron chi connectivity index (χ3n) is 19.4. The molecule has 0 amide bonds. The first-order valence-electron chi connectivity index (χ1n) is 33.1. The van der Waals surface area contributed by atoms with Crippen LogP contribution in [0, 0.1) is 0 Å². The summed E-state index contributed by atoms with van der Waals surface area (Å²) >= 11 is 5.95. The number of benzene rings is 12. The van der Waals surface area contributed by atoms with E-state index in [2.05, 4.69) is 299 Å². The molecule has 0 atom stereocenters. The number of aromatic nitrogens is 8. The summed E-state index contributed by atoms with van der Waals surface area (Å²) in [5.74, 6) is 0.723. The van der Waals surface area contributed by atoms with Gasteiger partial charge in [0.1, 0.15) is 0 Å². The molecule has 0 aliphatic carbocycles. The Morgan fingerprint density at radius 2 is 0.714 bits per heavy atom. The summed E-state index contributed by atoms with van der Waals surface area (Å²) in [5, 5.41) is 9.57. The van der Waals surface area contributed by atoms with Crippen molar-refractivity contribution in [2.45, 2.75) is 38.9 Å². The van der Waals surface area contributed by atoms with Gasteiger partial charge in [-0.25, -0.2) is 19.9 Å². The van der Waals surface area contributed by atoms with Crippen molar-refractivity contribution in [1.82, 2.24) is 38.2 Å². The Hall–Kier alpha value is -11.7. The maximum Gasteiger partial charge on any atom is 0.494 e. The molecule has 1 aliphatic heterocycles. The maximum atomic E-state index is 6.39. The molecule has 1 fully saturated rings. The molecule has 7 heterocycles. The van der Waals surface area contributed by atoms with Crippen LogP contribution in [0.15, 0.2) is 316 Å². The molecule has 1 saturated heterocycles. The van der Waals surface area contributed by atoms with Crippen LogP contribution >= 0.6 is 11.6 Å². The fourth-order valence-corrected chi connectivity index (χ4v) is 14.1. The minimum absolute atomic E-state index is 0.280. The summed E-state index contributed by atoms with van der Waals surface area (Å²) in [4.78, 5) is 18.7. The topological polar surface area (TPSA) is 89.7 Å². The second-order valence-electron chi connectivity index (χ2n) is 25.8. The van der Waals surface area contributed by atoms with Crippen LogP contribution in [0.5, 0.6) is 0 Å². The van der Waals surface area contributed by atoms with Gasteiger partial charge in [0.25, 0.3) is 0 Å². The first-order valence-corrected chi connectivity index (χ1v) is 33.4. The molecule has 0 unspecified atom stereocenters. The van der Waals surface area contributed by atoms with Crippen LogP contribution in [0.4, 0.5) is 0 Å². The van der Waals surface area contributed by atoms with Crippen molar-refractivity contribution in [2.75, 3.05) is 0 Å². The standard InChI is InChI=1S/C40H26N4.C32H29BN2O2.C14H9ClN2/c1-4-12-27(13-5-1)38-32-18-10-11-19-35(32)41-40(42-38)28-20-22-37-34(26-28)31-21-23-36-33(24-25-43(36)29-14-6-2-7-15-29)39(31)44(37)30-16-8-3-9-17-30;1-31(2)32(3,4)37-33(36-31)22-15-17-29-27(21-22)25-16-18-28-26(19-20-34(28)23-11-7-5-8-12-23)30(25)35(29)24-13-9-6-10-14-24;15-14-16-12-9-5-4-8-11(12)13(17-14)10-6-2-1-3-7-10/h1-26H;5-21H,1-4H3;1-9H. The molecule has 12 aromatic carbocycles. The lowest BCUT2D eigenvalue weighted by Crippen LogP contribution is -2.41. The quantitative estimate of drug-likeness (QED) is 0.111. The van der Waals surface area contributed by atoms with Crippen molar-refractivity contribution in [1.29, 1.82) is 0 Å². The van der Waals surface area contributed by atoms with Gasteiger partial charge in [0.2, 0.25) is 5.28 Å². The Morgan fingerprint density at radius 3 is 1.20 bits per heavy atom. The molecule has 0 bridgehead atoms. The highest BCUT2D eigenvalue weighted by atomic mass is 35.5. The third kappa shape index (κ3) is 10.6. The molecule has 6 aromatic heterocycles. The van der Waals surface area contributed by atoms with E-state index in [1.807, 2.05) is 72.8 Å². The van der Waals surface area contributed by atoms with Gasteiger partial charge in [-0.2, -0.15) is 0 Å². The molecule has 12 heteroatoms. The van der Waals surface area contributed by atoms with Crippen molar-refractivity contribution >= 4 is 111 Å². The number of hydrogen-bond acceptors (Lipinski definition) is 6. The number of halogens is 1.